The van der Waals surface area contributed by atoms with Gasteiger partial charge >= 0.3 is 0 Å². The molecule has 0 saturated carbocycles. The van der Waals surface area contributed by atoms with Crippen molar-refractivity contribution in [3.63, 3.8) is 0 Å². The van der Waals surface area contributed by atoms with E-state index in [4.69, 9.17) is 4.74 Å². The number of benzene rings is 1. The molecule has 0 radical (unpaired) electrons. The number of morpholine rings is 1. The summed E-state index contributed by atoms with van der Waals surface area (Å²) in [5.74, 6) is -0.117. The van der Waals surface area contributed by atoms with E-state index in [1.807, 2.05) is 0 Å². The van der Waals surface area contributed by atoms with Gasteiger partial charge in [-0.2, -0.15) is 4.31 Å². The number of anilines is 1. The van der Waals surface area contributed by atoms with Crippen LogP contribution in [0.25, 0.3) is 0 Å². The van der Waals surface area contributed by atoms with Crippen molar-refractivity contribution in [3.05, 3.63) is 23.8 Å². The van der Waals surface area contributed by atoms with Gasteiger partial charge in [0, 0.05) is 51.3 Å². The van der Waals surface area contributed by atoms with Crippen LogP contribution in [-0.4, -0.2) is 75.4 Å². The minimum absolute atomic E-state index is 0.0203. The van der Waals surface area contributed by atoms with Gasteiger partial charge in [0.15, 0.2) is 0 Å². The number of fused-ring (bicyclic) bond motifs is 1. The second-order valence-corrected chi connectivity index (χ2v) is 9.63. The Hall–Kier alpha value is -1.97. The average molecular weight is 422 g/mol. The van der Waals surface area contributed by atoms with Gasteiger partial charge in [-0.05, 0) is 43.0 Å². The summed E-state index contributed by atoms with van der Waals surface area (Å²) in [5, 5.41) is 0. The number of carbonyl (C=O) groups is 2. The molecule has 2 fully saturated rings. The van der Waals surface area contributed by atoms with Crippen LogP contribution in [0.2, 0.25) is 0 Å². The third-order valence-electron chi connectivity index (χ3n) is 5.87. The zero-order chi connectivity index (χ0) is 20.4. The van der Waals surface area contributed by atoms with Gasteiger partial charge < -0.3 is 14.5 Å². The summed E-state index contributed by atoms with van der Waals surface area (Å²) in [4.78, 5) is 28.7. The van der Waals surface area contributed by atoms with E-state index in [2.05, 4.69) is 0 Å². The highest BCUT2D eigenvalue weighted by atomic mass is 32.2. The van der Waals surface area contributed by atoms with E-state index in [1.165, 1.54) is 4.31 Å². The minimum atomic E-state index is -3.46. The summed E-state index contributed by atoms with van der Waals surface area (Å²) in [6, 6.07) is 5.03. The lowest BCUT2D eigenvalue weighted by atomic mass is 10.2. The van der Waals surface area contributed by atoms with E-state index < -0.39 is 10.0 Å². The molecule has 1 aromatic carbocycles. The summed E-state index contributed by atoms with van der Waals surface area (Å²) >= 11 is 0. The number of carbonyl (C=O) groups excluding carboxylic acids is 2. The van der Waals surface area contributed by atoms with Gasteiger partial charge in [-0.25, -0.2) is 8.42 Å². The van der Waals surface area contributed by atoms with Crippen molar-refractivity contribution < 1.29 is 22.7 Å². The maximum atomic E-state index is 12.8. The van der Waals surface area contributed by atoms with Crippen molar-refractivity contribution >= 4 is 27.5 Å². The average Bonchev–Trinajstić information content (AvgIpc) is 3.42. The van der Waals surface area contributed by atoms with Crippen LogP contribution in [0.3, 0.4) is 0 Å². The first-order chi connectivity index (χ1) is 14.0. The van der Waals surface area contributed by atoms with Gasteiger partial charge in [-0.3, -0.25) is 9.59 Å². The number of sulfonamides is 1. The van der Waals surface area contributed by atoms with E-state index in [1.54, 1.807) is 28.0 Å². The van der Waals surface area contributed by atoms with E-state index in [-0.39, 0.29) is 24.7 Å². The highest BCUT2D eigenvalue weighted by Gasteiger charge is 2.31. The number of hydrogen-bond donors (Lipinski definition) is 0. The molecular formula is C20H27N3O5S. The van der Waals surface area contributed by atoms with Crippen molar-refractivity contribution in [2.45, 2.75) is 37.0 Å². The molecule has 0 bridgehead atoms. The molecule has 1 aromatic rings. The van der Waals surface area contributed by atoms with Gasteiger partial charge in [0.25, 0.3) is 0 Å². The molecule has 9 heteroatoms. The van der Waals surface area contributed by atoms with Crippen LogP contribution in [0.1, 0.15) is 31.2 Å². The molecule has 3 aliphatic heterocycles. The van der Waals surface area contributed by atoms with E-state index in [0.29, 0.717) is 57.3 Å². The van der Waals surface area contributed by atoms with Gasteiger partial charge in [0.1, 0.15) is 0 Å². The number of ether oxygens (including phenoxy) is 1. The first-order valence-electron chi connectivity index (χ1n) is 10.3. The topological polar surface area (TPSA) is 87.2 Å². The highest BCUT2D eigenvalue weighted by molar-refractivity contribution is 7.89. The number of hydrogen-bond acceptors (Lipinski definition) is 5. The van der Waals surface area contributed by atoms with Crippen LogP contribution in [-0.2, 0) is 30.8 Å². The van der Waals surface area contributed by atoms with Crippen LogP contribution in [0.4, 0.5) is 5.69 Å². The maximum absolute atomic E-state index is 12.8. The fraction of sp³-hybridized carbons (Fsp3) is 0.600. The van der Waals surface area contributed by atoms with Gasteiger partial charge in [0.2, 0.25) is 21.8 Å². The molecule has 0 aliphatic carbocycles. The summed E-state index contributed by atoms with van der Waals surface area (Å²) in [7, 11) is -3.46. The Balaban J connectivity index is 1.40. The summed E-state index contributed by atoms with van der Waals surface area (Å²) in [6.45, 7) is 3.90. The van der Waals surface area contributed by atoms with Crippen LogP contribution in [0, 0.1) is 0 Å². The Morgan fingerprint density at radius 1 is 0.931 bits per heavy atom. The Kier molecular flexibility index (Phi) is 5.89. The number of amides is 2. The quantitative estimate of drug-likeness (QED) is 0.708. The Labute approximate surface area is 171 Å². The Bertz CT molecular complexity index is 889. The van der Waals surface area contributed by atoms with Crippen LogP contribution in [0.5, 0.6) is 0 Å². The van der Waals surface area contributed by atoms with Gasteiger partial charge in [-0.1, -0.05) is 0 Å². The molecule has 0 spiro atoms. The maximum Gasteiger partial charge on any atom is 0.243 e. The molecule has 158 valence electrons. The zero-order valence-electron chi connectivity index (χ0n) is 16.5. The number of nitrogens with zero attached hydrogens (tertiary/aromatic N) is 3. The predicted molar refractivity (Wildman–Crippen MR) is 107 cm³/mol. The molecule has 3 aliphatic rings. The normalized spacial score (nSPS) is 20.1. The molecule has 8 nitrogen and oxygen atoms in total. The van der Waals surface area contributed by atoms with Crippen molar-refractivity contribution in [2.75, 3.05) is 50.8 Å². The lowest BCUT2D eigenvalue weighted by Gasteiger charge is -2.27. The molecule has 2 amide bonds. The van der Waals surface area contributed by atoms with Gasteiger partial charge in [-0.15, -0.1) is 0 Å². The fourth-order valence-corrected chi connectivity index (χ4v) is 5.76. The smallest absolute Gasteiger partial charge is 0.243 e. The highest BCUT2D eigenvalue weighted by Crippen LogP contribution is 2.32. The van der Waals surface area contributed by atoms with E-state index >= 15 is 0 Å². The monoisotopic (exact) mass is 421 g/mol. The van der Waals surface area contributed by atoms with Crippen molar-refractivity contribution in [3.8, 4) is 0 Å². The summed E-state index contributed by atoms with van der Waals surface area (Å²) in [6.07, 6.45) is 2.77. The summed E-state index contributed by atoms with van der Waals surface area (Å²) < 4.78 is 32.3. The second-order valence-electron chi connectivity index (χ2n) is 7.69. The van der Waals surface area contributed by atoms with Gasteiger partial charge in [0.05, 0.1) is 18.1 Å². The first-order valence-corrected chi connectivity index (χ1v) is 11.7. The summed E-state index contributed by atoms with van der Waals surface area (Å²) in [5.41, 5.74) is 1.63. The predicted octanol–water partition coefficient (Wildman–Crippen LogP) is 0.999. The molecule has 4 rings (SSSR count). The lowest BCUT2D eigenvalue weighted by molar-refractivity contribution is -0.136. The molecule has 3 heterocycles. The zero-order valence-corrected chi connectivity index (χ0v) is 17.3. The molecule has 0 N–H and O–H groups in total. The molecular weight excluding hydrogens is 394 g/mol. The van der Waals surface area contributed by atoms with Crippen molar-refractivity contribution in [1.29, 1.82) is 0 Å². The standard InChI is InChI=1S/C20H27N3O5S/c24-19(21-11-13-28-14-12-21)5-6-20(25)23-10-7-16-15-17(3-4-18(16)23)29(26,27)22-8-1-2-9-22/h3-4,15H,1-2,5-14H2. The minimum Gasteiger partial charge on any atom is -0.378 e. The van der Waals surface area contributed by atoms with Crippen molar-refractivity contribution in [2.24, 2.45) is 0 Å². The Morgan fingerprint density at radius 2 is 1.62 bits per heavy atom. The second kappa shape index (κ2) is 8.41. The van der Waals surface area contributed by atoms with Crippen LogP contribution < -0.4 is 4.90 Å². The SMILES string of the molecule is O=C(CCC(=O)N1CCc2cc(S(=O)(=O)N3CCCC3)ccc21)N1CCOCC1. The Morgan fingerprint density at radius 3 is 2.34 bits per heavy atom. The largest absolute Gasteiger partial charge is 0.378 e. The molecule has 0 atom stereocenters. The third kappa shape index (κ3) is 4.17. The lowest BCUT2D eigenvalue weighted by Crippen LogP contribution is -2.41. The van der Waals surface area contributed by atoms with Crippen molar-refractivity contribution in [1.82, 2.24) is 9.21 Å². The van der Waals surface area contributed by atoms with E-state index in [0.717, 1.165) is 24.1 Å². The first kappa shape index (κ1) is 20.3. The molecule has 2 saturated heterocycles. The molecule has 0 aromatic heterocycles. The van der Waals surface area contributed by atoms with E-state index in [9.17, 15) is 18.0 Å². The molecule has 29 heavy (non-hydrogen) atoms. The van der Waals surface area contributed by atoms with Crippen LogP contribution in [0.15, 0.2) is 23.1 Å². The third-order valence-corrected chi connectivity index (χ3v) is 7.76. The number of rotatable bonds is 5. The van der Waals surface area contributed by atoms with Crippen LogP contribution >= 0.6 is 0 Å². The fourth-order valence-electron chi connectivity index (χ4n) is 4.19. The molecule has 0 unspecified atom stereocenters.